The van der Waals surface area contributed by atoms with Gasteiger partial charge in [0.15, 0.2) is 0 Å². The van der Waals surface area contributed by atoms with Gasteiger partial charge in [-0.1, -0.05) is 11.6 Å². The van der Waals surface area contributed by atoms with E-state index in [1.54, 1.807) is 19.1 Å². The molecule has 22 heavy (non-hydrogen) atoms. The van der Waals surface area contributed by atoms with Crippen LogP contribution >= 0.6 is 11.6 Å². The molecule has 0 aliphatic rings. The molecule has 0 bridgehead atoms. The molecule has 2 rings (SSSR count). The first-order valence-corrected chi connectivity index (χ1v) is 6.78. The minimum atomic E-state index is -0.523. The number of carbonyl (C=O) groups is 1. The number of nitro benzene ring substituents is 1. The molecule has 1 heterocycles. The summed E-state index contributed by atoms with van der Waals surface area (Å²) >= 11 is 6.03. The molecular formula is C15H12ClNO5. The summed E-state index contributed by atoms with van der Waals surface area (Å²) in [5.74, 6) is 0.426. The van der Waals surface area contributed by atoms with E-state index in [0.717, 1.165) is 0 Å². The molecule has 2 aromatic rings. The van der Waals surface area contributed by atoms with Crippen LogP contribution in [0.5, 0.6) is 0 Å². The lowest BCUT2D eigenvalue weighted by atomic mass is 10.1. The van der Waals surface area contributed by atoms with Gasteiger partial charge in [-0.25, -0.2) is 4.79 Å². The summed E-state index contributed by atoms with van der Waals surface area (Å²) in [5, 5.41) is 10.9. The van der Waals surface area contributed by atoms with Gasteiger partial charge in [-0.3, -0.25) is 10.1 Å². The molecule has 0 saturated heterocycles. The van der Waals surface area contributed by atoms with Crippen molar-refractivity contribution in [1.29, 1.82) is 0 Å². The number of esters is 1. The van der Waals surface area contributed by atoms with Crippen LogP contribution in [-0.2, 0) is 9.53 Å². The lowest BCUT2D eigenvalue weighted by Gasteiger charge is -2.00. The van der Waals surface area contributed by atoms with Crippen LogP contribution in [0.3, 0.4) is 0 Å². The van der Waals surface area contributed by atoms with Crippen molar-refractivity contribution in [2.24, 2.45) is 0 Å². The molecule has 0 N–H and O–H groups in total. The van der Waals surface area contributed by atoms with Gasteiger partial charge in [-0.05, 0) is 31.2 Å². The van der Waals surface area contributed by atoms with Crippen molar-refractivity contribution >= 4 is 29.3 Å². The van der Waals surface area contributed by atoms with E-state index in [1.807, 2.05) is 0 Å². The van der Waals surface area contributed by atoms with Gasteiger partial charge in [0.1, 0.15) is 11.5 Å². The zero-order valence-electron chi connectivity index (χ0n) is 11.6. The maximum Gasteiger partial charge on any atom is 0.330 e. The minimum absolute atomic E-state index is 0.0947. The Labute approximate surface area is 131 Å². The van der Waals surface area contributed by atoms with Crippen molar-refractivity contribution in [3.05, 3.63) is 57.3 Å². The molecule has 0 spiro atoms. The number of nitrogens with zero attached hydrogens (tertiary/aromatic N) is 1. The molecular weight excluding hydrogens is 310 g/mol. The SMILES string of the molecule is CCOC(=O)/C=C/c1ccc(-c2ccc([N+](=O)[O-])cc2Cl)o1. The standard InChI is InChI=1S/C15H12ClNO5/c1-2-21-15(18)8-5-11-4-7-14(22-11)12-6-3-10(17(19)20)9-13(12)16/h3-9H,2H2,1H3/b8-5+. The maximum atomic E-state index is 11.2. The van der Waals surface area contributed by atoms with E-state index in [-0.39, 0.29) is 10.7 Å². The first-order chi connectivity index (χ1) is 10.5. The summed E-state index contributed by atoms with van der Waals surface area (Å²) in [5.41, 5.74) is 0.436. The normalized spacial score (nSPS) is 10.8. The summed E-state index contributed by atoms with van der Waals surface area (Å²) in [6, 6.07) is 7.43. The molecule has 0 fully saturated rings. The second kappa shape index (κ2) is 6.91. The Morgan fingerprint density at radius 3 is 2.82 bits per heavy atom. The predicted octanol–water partition coefficient (Wildman–Crippen LogP) is 4.08. The van der Waals surface area contributed by atoms with Crippen LogP contribution in [0.15, 0.2) is 40.8 Å². The molecule has 0 aliphatic carbocycles. The second-order valence-electron chi connectivity index (χ2n) is 4.21. The number of ether oxygens (including phenoxy) is 1. The fourth-order valence-corrected chi connectivity index (χ4v) is 2.01. The molecule has 0 saturated carbocycles. The molecule has 0 atom stereocenters. The molecule has 6 nitrogen and oxygen atoms in total. The Kier molecular flexibility index (Phi) is 4.95. The van der Waals surface area contributed by atoms with Gasteiger partial charge in [-0.2, -0.15) is 0 Å². The number of furan rings is 1. The van der Waals surface area contributed by atoms with Crippen LogP contribution in [0.4, 0.5) is 5.69 Å². The number of carbonyl (C=O) groups excluding carboxylic acids is 1. The van der Waals surface area contributed by atoms with Crippen molar-refractivity contribution in [2.45, 2.75) is 6.92 Å². The van der Waals surface area contributed by atoms with Gasteiger partial charge in [0.2, 0.25) is 0 Å². The summed E-state index contributed by atoms with van der Waals surface area (Å²) < 4.78 is 10.3. The number of benzene rings is 1. The first-order valence-electron chi connectivity index (χ1n) is 6.40. The smallest absolute Gasteiger partial charge is 0.330 e. The highest BCUT2D eigenvalue weighted by Gasteiger charge is 2.13. The highest BCUT2D eigenvalue weighted by molar-refractivity contribution is 6.33. The Morgan fingerprint density at radius 1 is 1.41 bits per heavy atom. The Balaban J connectivity index is 2.21. The third-order valence-electron chi connectivity index (χ3n) is 2.73. The zero-order valence-corrected chi connectivity index (χ0v) is 12.4. The quantitative estimate of drug-likeness (QED) is 0.358. The predicted molar refractivity (Wildman–Crippen MR) is 81.5 cm³/mol. The number of rotatable bonds is 5. The summed E-state index contributed by atoms with van der Waals surface area (Å²) in [6.07, 6.45) is 2.73. The van der Waals surface area contributed by atoms with Crippen LogP contribution in [-0.4, -0.2) is 17.5 Å². The van der Waals surface area contributed by atoms with Gasteiger partial charge in [0.25, 0.3) is 5.69 Å². The van der Waals surface area contributed by atoms with Gasteiger partial charge < -0.3 is 9.15 Å². The lowest BCUT2D eigenvalue weighted by molar-refractivity contribution is -0.384. The maximum absolute atomic E-state index is 11.2. The molecule has 0 radical (unpaired) electrons. The molecule has 0 unspecified atom stereocenters. The highest BCUT2D eigenvalue weighted by Crippen LogP contribution is 2.32. The van der Waals surface area contributed by atoms with E-state index in [1.165, 1.54) is 30.4 Å². The Morgan fingerprint density at radius 2 is 2.18 bits per heavy atom. The van der Waals surface area contributed by atoms with Crippen molar-refractivity contribution in [3.63, 3.8) is 0 Å². The molecule has 7 heteroatoms. The lowest BCUT2D eigenvalue weighted by Crippen LogP contribution is -1.98. The molecule has 114 valence electrons. The van der Waals surface area contributed by atoms with E-state index in [4.69, 9.17) is 20.8 Å². The van der Waals surface area contributed by atoms with Crippen LogP contribution in [0.1, 0.15) is 12.7 Å². The summed E-state index contributed by atoms with van der Waals surface area (Å²) in [4.78, 5) is 21.4. The van der Waals surface area contributed by atoms with Crippen molar-refractivity contribution in [2.75, 3.05) is 6.61 Å². The first kappa shape index (κ1) is 15.8. The van der Waals surface area contributed by atoms with Crippen molar-refractivity contribution in [3.8, 4) is 11.3 Å². The van der Waals surface area contributed by atoms with Gasteiger partial charge in [-0.15, -0.1) is 0 Å². The van der Waals surface area contributed by atoms with Crippen LogP contribution in [0.2, 0.25) is 5.02 Å². The molecule has 0 amide bonds. The summed E-state index contributed by atoms with van der Waals surface area (Å²) in [7, 11) is 0. The average molecular weight is 322 g/mol. The number of halogens is 1. The van der Waals surface area contributed by atoms with Crippen molar-refractivity contribution in [1.82, 2.24) is 0 Å². The van der Waals surface area contributed by atoms with Gasteiger partial charge in [0, 0.05) is 23.8 Å². The van der Waals surface area contributed by atoms with Crippen molar-refractivity contribution < 1.29 is 18.9 Å². The zero-order chi connectivity index (χ0) is 16.1. The third-order valence-corrected chi connectivity index (χ3v) is 3.04. The average Bonchev–Trinajstić information content (AvgIpc) is 2.94. The summed E-state index contributed by atoms with van der Waals surface area (Å²) in [6.45, 7) is 2.01. The van der Waals surface area contributed by atoms with Gasteiger partial charge in [0.05, 0.1) is 16.6 Å². The fraction of sp³-hybridized carbons (Fsp3) is 0.133. The van der Waals surface area contributed by atoms with E-state index < -0.39 is 10.9 Å². The molecule has 0 aliphatic heterocycles. The second-order valence-corrected chi connectivity index (χ2v) is 4.62. The fourth-order valence-electron chi connectivity index (χ4n) is 1.75. The largest absolute Gasteiger partial charge is 0.463 e. The highest BCUT2D eigenvalue weighted by atomic mass is 35.5. The number of hydrogen-bond acceptors (Lipinski definition) is 5. The Bertz CT molecular complexity index is 735. The van der Waals surface area contributed by atoms with E-state index in [0.29, 0.717) is 23.7 Å². The van der Waals surface area contributed by atoms with E-state index in [9.17, 15) is 14.9 Å². The molecule has 1 aromatic carbocycles. The molecule has 1 aromatic heterocycles. The van der Waals surface area contributed by atoms with E-state index >= 15 is 0 Å². The minimum Gasteiger partial charge on any atom is -0.463 e. The number of nitro groups is 1. The monoisotopic (exact) mass is 321 g/mol. The number of non-ortho nitro benzene ring substituents is 1. The van der Waals surface area contributed by atoms with Crippen LogP contribution < -0.4 is 0 Å². The van der Waals surface area contributed by atoms with Crippen LogP contribution in [0, 0.1) is 10.1 Å². The van der Waals surface area contributed by atoms with Crippen LogP contribution in [0.25, 0.3) is 17.4 Å². The topological polar surface area (TPSA) is 82.6 Å². The van der Waals surface area contributed by atoms with E-state index in [2.05, 4.69) is 0 Å². The Hall–Kier alpha value is -2.60. The third kappa shape index (κ3) is 3.73. The van der Waals surface area contributed by atoms with Gasteiger partial charge >= 0.3 is 5.97 Å². The number of hydrogen-bond donors (Lipinski definition) is 0.